The van der Waals surface area contributed by atoms with Crippen LogP contribution in [0.2, 0.25) is 0 Å². The summed E-state index contributed by atoms with van der Waals surface area (Å²) >= 11 is 8.61. The number of thiocarbonyl (C=S) groups is 1. The van der Waals surface area contributed by atoms with Gasteiger partial charge >= 0.3 is 0 Å². The summed E-state index contributed by atoms with van der Waals surface area (Å²) in [5.41, 5.74) is 2.59. The van der Waals surface area contributed by atoms with Crippen LogP contribution in [0.15, 0.2) is 83.3 Å². The van der Waals surface area contributed by atoms with E-state index in [0.29, 0.717) is 12.2 Å². The molecule has 0 aromatic heterocycles. The quantitative estimate of drug-likeness (QED) is 0.350. The van der Waals surface area contributed by atoms with Gasteiger partial charge in [-0.1, -0.05) is 58.4 Å². The molecule has 0 aliphatic carbocycles. The molecule has 0 unspecified atom stereocenters. The van der Waals surface area contributed by atoms with E-state index in [1.54, 1.807) is 18.2 Å². The number of hydrogen-bond acceptors (Lipinski definition) is 3. The Morgan fingerprint density at radius 1 is 0.966 bits per heavy atom. The van der Waals surface area contributed by atoms with Crippen molar-refractivity contribution >= 4 is 44.9 Å². The van der Waals surface area contributed by atoms with E-state index in [9.17, 15) is 4.79 Å². The van der Waals surface area contributed by atoms with Crippen LogP contribution < -0.4 is 15.4 Å². The molecule has 4 nitrogen and oxygen atoms in total. The molecule has 0 atom stereocenters. The highest BCUT2D eigenvalue weighted by molar-refractivity contribution is 9.10. The molecule has 3 aromatic carbocycles. The fraction of sp³-hybridized carbons (Fsp3) is 0.130. The maximum atomic E-state index is 12.3. The van der Waals surface area contributed by atoms with Gasteiger partial charge in [-0.2, -0.15) is 0 Å². The molecule has 0 aliphatic heterocycles. The molecule has 3 aromatic rings. The van der Waals surface area contributed by atoms with Gasteiger partial charge in [0.1, 0.15) is 5.75 Å². The maximum absolute atomic E-state index is 12.3. The minimum Gasteiger partial charge on any atom is -0.494 e. The summed E-state index contributed by atoms with van der Waals surface area (Å²) < 4.78 is 6.67. The van der Waals surface area contributed by atoms with Gasteiger partial charge in [0.15, 0.2) is 5.11 Å². The second kappa shape index (κ2) is 10.7. The number of nitrogens with one attached hydrogen (secondary N) is 2. The van der Waals surface area contributed by atoms with Crippen LogP contribution in [-0.2, 0) is 6.42 Å². The minimum absolute atomic E-state index is 0.233. The molecule has 148 valence electrons. The third-order valence-corrected chi connectivity index (χ3v) is 4.82. The molecule has 0 bridgehead atoms. The smallest absolute Gasteiger partial charge is 0.257 e. The van der Waals surface area contributed by atoms with Crippen molar-refractivity contribution < 1.29 is 9.53 Å². The maximum Gasteiger partial charge on any atom is 0.257 e. The van der Waals surface area contributed by atoms with Gasteiger partial charge in [0, 0.05) is 21.8 Å². The molecule has 0 heterocycles. The first-order chi connectivity index (χ1) is 14.1. The molecule has 1 amide bonds. The second-order valence-corrected chi connectivity index (χ2v) is 7.71. The van der Waals surface area contributed by atoms with Gasteiger partial charge in [0.2, 0.25) is 0 Å². The topological polar surface area (TPSA) is 50.4 Å². The number of rotatable bonds is 7. The number of amides is 1. The van der Waals surface area contributed by atoms with Crippen molar-refractivity contribution in [2.75, 3.05) is 11.9 Å². The summed E-state index contributed by atoms with van der Waals surface area (Å²) in [6, 6.07) is 25.0. The number of carbonyl (C=O) groups excluding carboxylic acids is 1. The number of ether oxygens (including phenoxy) is 1. The normalized spacial score (nSPS) is 10.2. The summed E-state index contributed by atoms with van der Waals surface area (Å²) in [5, 5.41) is 5.94. The number of anilines is 1. The zero-order chi connectivity index (χ0) is 20.5. The fourth-order valence-corrected chi connectivity index (χ4v) is 3.35. The fourth-order valence-electron chi connectivity index (χ4n) is 2.74. The number of hydrogen-bond donors (Lipinski definition) is 2. The summed E-state index contributed by atoms with van der Waals surface area (Å²) in [7, 11) is 0. The predicted octanol–water partition coefficient (Wildman–Crippen LogP) is 5.59. The highest BCUT2D eigenvalue weighted by Crippen LogP contribution is 2.18. The molecule has 0 fully saturated rings. The standard InChI is InChI=1S/C23H21BrN2O2S/c24-19-11-4-10-18(15-19)22(27)26-23(29)25-20-12-5-13-21(16-20)28-14-6-9-17-7-2-1-3-8-17/h1-5,7-8,10-13,15-16H,6,9,14H2,(H2,25,26,27,29). The van der Waals surface area contributed by atoms with E-state index in [1.807, 2.05) is 48.5 Å². The largest absolute Gasteiger partial charge is 0.494 e. The van der Waals surface area contributed by atoms with Gasteiger partial charge in [-0.15, -0.1) is 0 Å². The van der Waals surface area contributed by atoms with Crippen LogP contribution in [0.1, 0.15) is 22.3 Å². The molecular weight excluding hydrogens is 448 g/mol. The van der Waals surface area contributed by atoms with Gasteiger partial charge in [-0.25, -0.2) is 0 Å². The van der Waals surface area contributed by atoms with Gasteiger partial charge in [0.05, 0.1) is 6.61 Å². The van der Waals surface area contributed by atoms with Gasteiger partial charge < -0.3 is 10.1 Å². The summed E-state index contributed by atoms with van der Waals surface area (Å²) in [6.07, 6.45) is 1.91. The number of benzene rings is 3. The number of carbonyl (C=O) groups is 1. The zero-order valence-electron chi connectivity index (χ0n) is 15.7. The van der Waals surface area contributed by atoms with Crippen LogP contribution in [0.25, 0.3) is 0 Å². The number of aryl methyl sites for hydroxylation is 1. The zero-order valence-corrected chi connectivity index (χ0v) is 18.1. The average molecular weight is 469 g/mol. The van der Waals surface area contributed by atoms with Crippen molar-refractivity contribution in [3.63, 3.8) is 0 Å². The Morgan fingerprint density at radius 3 is 2.55 bits per heavy atom. The van der Waals surface area contributed by atoms with E-state index in [1.165, 1.54) is 5.56 Å². The van der Waals surface area contributed by atoms with Crippen LogP contribution in [0.5, 0.6) is 5.75 Å². The molecule has 0 aliphatic rings. The van der Waals surface area contributed by atoms with Crippen molar-refractivity contribution in [3.8, 4) is 5.75 Å². The Hall–Kier alpha value is -2.70. The van der Waals surface area contributed by atoms with E-state index in [4.69, 9.17) is 17.0 Å². The first-order valence-electron chi connectivity index (χ1n) is 9.25. The van der Waals surface area contributed by atoms with Crippen LogP contribution in [-0.4, -0.2) is 17.6 Å². The summed E-state index contributed by atoms with van der Waals surface area (Å²) in [4.78, 5) is 12.3. The van der Waals surface area contributed by atoms with E-state index >= 15 is 0 Å². The van der Waals surface area contributed by atoms with E-state index in [-0.39, 0.29) is 11.0 Å². The third-order valence-electron chi connectivity index (χ3n) is 4.13. The van der Waals surface area contributed by atoms with Gasteiger partial charge in [-0.05, 0) is 61.0 Å². The first kappa shape index (κ1) is 21.0. The lowest BCUT2D eigenvalue weighted by Gasteiger charge is -2.12. The van der Waals surface area contributed by atoms with Gasteiger partial charge in [-0.3, -0.25) is 10.1 Å². The summed E-state index contributed by atoms with van der Waals surface area (Å²) in [5.74, 6) is 0.487. The molecule has 0 radical (unpaired) electrons. The Bertz CT molecular complexity index is 979. The molecule has 29 heavy (non-hydrogen) atoms. The second-order valence-electron chi connectivity index (χ2n) is 6.38. The highest BCUT2D eigenvalue weighted by atomic mass is 79.9. The van der Waals surface area contributed by atoms with E-state index < -0.39 is 0 Å². The van der Waals surface area contributed by atoms with Crippen molar-refractivity contribution in [2.45, 2.75) is 12.8 Å². The molecule has 6 heteroatoms. The van der Waals surface area contributed by atoms with E-state index in [0.717, 1.165) is 28.8 Å². The lowest BCUT2D eigenvalue weighted by molar-refractivity contribution is 0.0977. The van der Waals surface area contributed by atoms with Crippen molar-refractivity contribution in [1.82, 2.24) is 5.32 Å². The van der Waals surface area contributed by atoms with Crippen LogP contribution >= 0.6 is 28.1 Å². The highest BCUT2D eigenvalue weighted by Gasteiger charge is 2.08. The molecular formula is C23H21BrN2O2S. The molecule has 0 saturated heterocycles. The van der Waals surface area contributed by atoms with Gasteiger partial charge in [0.25, 0.3) is 5.91 Å². The van der Waals surface area contributed by atoms with Crippen LogP contribution in [0.4, 0.5) is 5.69 Å². The lowest BCUT2D eigenvalue weighted by atomic mass is 10.1. The lowest BCUT2D eigenvalue weighted by Crippen LogP contribution is -2.34. The molecule has 3 rings (SSSR count). The van der Waals surface area contributed by atoms with Crippen molar-refractivity contribution in [2.24, 2.45) is 0 Å². The number of halogens is 1. The SMILES string of the molecule is O=C(NC(=S)Nc1cccc(OCCCc2ccccc2)c1)c1cccc(Br)c1. The molecule has 0 saturated carbocycles. The summed E-state index contributed by atoms with van der Waals surface area (Å²) in [6.45, 7) is 0.627. The minimum atomic E-state index is -0.267. The first-order valence-corrected chi connectivity index (χ1v) is 10.4. The Labute approximate surface area is 184 Å². The van der Waals surface area contributed by atoms with Crippen LogP contribution in [0.3, 0.4) is 0 Å². The Morgan fingerprint density at radius 2 is 1.76 bits per heavy atom. The van der Waals surface area contributed by atoms with Crippen molar-refractivity contribution in [1.29, 1.82) is 0 Å². The van der Waals surface area contributed by atoms with Crippen LogP contribution in [0, 0.1) is 0 Å². The molecule has 0 spiro atoms. The predicted molar refractivity (Wildman–Crippen MR) is 125 cm³/mol. The third kappa shape index (κ3) is 7.00. The monoisotopic (exact) mass is 468 g/mol. The van der Waals surface area contributed by atoms with Crippen molar-refractivity contribution in [3.05, 3.63) is 94.5 Å². The Kier molecular flexibility index (Phi) is 7.78. The molecule has 2 N–H and O–H groups in total. The average Bonchev–Trinajstić information content (AvgIpc) is 2.72. The van der Waals surface area contributed by atoms with E-state index in [2.05, 4.69) is 38.7 Å². The Balaban J connectivity index is 1.47.